The Balaban J connectivity index is 2.31. The topological polar surface area (TPSA) is 67.6 Å². The first-order valence-corrected chi connectivity index (χ1v) is 6.37. The molecule has 5 nitrogen and oxygen atoms in total. The van der Waals surface area contributed by atoms with Gasteiger partial charge in [-0.2, -0.15) is 8.78 Å². The summed E-state index contributed by atoms with van der Waals surface area (Å²) in [5.74, 6) is -0.581. The maximum absolute atomic E-state index is 12.4. The summed E-state index contributed by atoms with van der Waals surface area (Å²) in [5.41, 5.74) is 5.83. The van der Waals surface area contributed by atoms with E-state index in [1.54, 1.807) is 18.2 Å². The molecule has 20 heavy (non-hydrogen) atoms. The third-order valence-corrected chi connectivity index (χ3v) is 3.22. The highest BCUT2D eigenvalue weighted by Gasteiger charge is 2.29. The first-order chi connectivity index (χ1) is 9.59. The number of ether oxygens (including phenoxy) is 1. The zero-order valence-electron chi connectivity index (χ0n) is 10.9. The Bertz CT molecular complexity index is 465. The Morgan fingerprint density at radius 1 is 1.30 bits per heavy atom. The maximum Gasteiger partial charge on any atom is 0.387 e. The molecule has 1 fully saturated rings. The number of alkyl halides is 2. The lowest BCUT2D eigenvalue weighted by Gasteiger charge is -2.33. The van der Waals surface area contributed by atoms with E-state index in [1.807, 2.05) is 4.90 Å². The van der Waals surface area contributed by atoms with Crippen LogP contribution in [0.3, 0.4) is 0 Å². The number of para-hydroxylation sites is 1. The maximum atomic E-state index is 12.4. The number of rotatable bonds is 5. The van der Waals surface area contributed by atoms with Crippen LogP contribution in [0.5, 0.6) is 5.75 Å². The summed E-state index contributed by atoms with van der Waals surface area (Å²) in [5, 5.41) is 3.16. The van der Waals surface area contributed by atoms with Crippen molar-refractivity contribution in [2.24, 2.45) is 5.73 Å². The molecule has 1 heterocycles. The third-order valence-electron chi connectivity index (χ3n) is 3.22. The van der Waals surface area contributed by atoms with Crippen molar-refractivity contribution in [1.29, 1.82) is 0 Å². The monoisotopic (exact) mass is 285 g/mol. The fourth-order valence-corrected chi connectivity index (χ4v) is 2.38. The molecule has 1 aromatic carbocycles. The van der Waals surface area contributed by atoms with Crippen molar-refractivity contribution in [3.63, 3.8) is 0 Å². The van der Waals surface area contributed by atoms with E-state index in [2.05, 4.69) is 10.1 Å². The lowest BCUT2D eigenvalue weighted by molar-refractivity contribution is -0.124. The van der Waals surface area contributed by atoms with Crippen molar-refractivity contribution in [3.05, 3.63) is 29.8 Å². The van der Waals surface area contributed by atoms with Crippen molar-refractivity contribution in [2.75, 3.05) is 26.2 Å². The number of nitrogens with one attached hydrogen (secondary N) is 1. The molecule has 1 aliphatic heterocycles. The van der Waals surface area contributed by atoms with Crippen LogP contribution < -0.4 is 15.8 Å². The number of benzene rings is 1. The molecule has 110 valence electrons. The number of hydrogen-bond donors (Lipinski definition) is 2. The van der Waals surface area contributed by atoms with Crippen molar-refractivity contribution in [2.45, 2.75) is 12.7 Å². The van der Waals surface area contributed by atoms with Gasteiger partial charge < -0.3 is 15.8 Å². The summed E-state index contributed by atoms with van der Waals surface area (Å²) < 4.78 is 29.4. The van der Waals surface area contributed by atoms with E-state index in [1.165, 1.54) is 6.07 Å². The van der Waals surface area contributed by atoms with E-state index >= 15 is 0 Å². The molecule has 0 aromatic heterocycles. The quantitative estimate of drug-likeness (QED) is 0.836. The highest BCUT2D eigenvalue weighted by Crippen LogP contribution is 2.30. The molecule has 1 amide bonds. The number of carbonyl (C=O) groups excluding carboxylic acids is 1. The molecule has 0 bridgehead atoms. The summed E-state index contributed by atoms with van der Waals surface area (Å²) in [6.07, 6.45) is 0. The van der Waals surface area contributed by atoms with E-state index in [0.29, 0.717) is 18.7 Å². The second kappa shape index (κ2) is 6.62. The summed E-state index contributed by atoms with van der Waals surface area (Å²) in [6, 6.07) is 5.50. The van der Waals surface area contributed by atoms with Gasteiger partial charge in [-0.25, -0.2) is 0 Å². The van der Waals surface area contributed by atoms with Crippen molar-refractivity contribution in [3.8, 4) is 5.75 Å². The third kappa shape index (κ3) is 3.43. The lowest BCUT2D eigenvalue weighted by atomic mass is 10.0. The van der Waals surface area contributed by atoms with Gasteiger partial charge in [0.15, 0.2) is 0 Å². The van der Waals surface area contributed by atoms with Crippen LogP contribution in [0, 0.1) is 0 Å². The van der Waals surface area contributed by atoms with Crippen LogP contribution in [0.15, 0.2) is 24.3 Å². The van der Waals surface area contributed by atoms with Crippen LogP contribution in [0.1, 0.15) is 11.6 Å². The molecule has 7 heteroatoms. The standard InChI is InChI=1S/C13H17F2N3O2/c14-13(15)20-10-4-2-1-3-9(10)11(12(16)19)18-7-5-17-6-8-18/h1-4,11,13,17H,5-8H2,(H2,16,19). The molecule has 0 spiro atoms. The molecule has 0 saturated carbocycles. The molecule has 1 saturated heterocycles. The summed E-state index contributed by atoms with van der Waals surface area (Å²) in [6.45, 7) is -0.246. The highest BCUT2D eigenvalue weighted by molar-refractivity contribution is 5.82. The Labute approximate surface area is 115 Å². The van der Waals surface area contributed by atoms with Crippen LogP contribution in [-0.4, -0.2) is 43.6 Å². The summed E-state index contributed by atoms with van der Waals surface area (Å²) in [7, 11) is 0. The second-order valence-electron chi connectivity index (χ2n) is 4.51. The SMILES string of the molecule is NC(=O)C(c1ccccc1OC(F)F)N1CCNCC1. The summed E-state index contributed by atoms with van der Waals surface area (Å²) in [4.78, 5) is 13.6. The number of piperazine rings is 1. The van der Waals surface area contributed by atoms with Gasteiger partial charge in [0.1, 0.15) is 11.8 Å². The van der Waals surface area contributed by atoms with Crippen molar-refractivity contribution >= 4 is 5.91 Å². The van der Waals surface area contributed by atoms with E-state index < -0.39 is 18.6 Å². The van der Waals surface area contributed by atoms with Gasteiger partial charge >= 0.3 is 6.61 Å². The Morgan fingerprint density at radius 3 is 2.55 bits per heavy atom. The lowest BCUT2D eigenvalue weighted by Crippen LogP contribution is -2.48. The fourth-order valence-electron chi connectivity index (χ4n) is 2.38. The number of hydrogen-bond acceptors (Lipinski definition) is 4. The van der Waals surface area contributed by atoms with Crippen molar-refractivity contribution in [1.82, 2.24) is 10.2 Å². The van der Waals surface area contributed by atoms with Crippen LogP contribution in [0.4, 0.5) is 8.78 Å². The zero-order chi connectivity index (χ0) is 14.5. The number of halogens is 2. The Kier molecular flexibility index (Phi) is 4.86. The molecule has 2 rings (SSSR count). The van der Waals surface area contributed by atoms with Gasteiger partial charge in [0.25, 0.3) is 0 Å². The first kappa shape index (κ1) is 14.7. The molecule has 1 unspecified atom stereocenters. The van der Waals surface area contributed by atoms with Gasteiger partial charge in [-0.15, -0.1) is 0 Å². The van der Waals surface area contributed by atoms with E-state index in [0.717, 1.165) is 13.1 Å². The highest BCUT2D eigenvalue weighted by atomic mass is 19.3. The smallest absolute Gasteiger partial charge is 0.387 e. The second-order valence-corrected chi connectivity index (χ2v) is 4.51. The zero-order valence-corrected chi connectivity index (χ0v) is 10.9. The molecule has 0 aliphatic carbocycles. The van der Waals surface area contributed by atoms with E-state index in [4.69, 9.17) is 5.73 Å². The van der Waals surface area contributed by atoms with Crippen LogP contribution in [-0.2, 0) is 4.79 Å². The molecule has 1 aliphatic rings. The molecular formula is C13H17F2N3O2. The van der Waals surface area contributed by atoms with E-state index in [-0.39, 0.29) is 5.75 Å². The molecule has 1 atom stereocenters. The van der Waals surface area contributed by atoms with Gasteiger partial charge in [-0.1, -0.05) is 18.2 Å². The van der Waals surface area contributed by atoms with Gasteiger partial charge in [0, 0.05) is 31.7 Å². The van der Waals surface area contributed by atoms with Crippen LogP contribution in [0.2, 0.25) is 0 Å². The average Bonchev–Trinajstić information content (AvgIpc) is 2.41. The van der Waals surface area contributed by atoms with E-state index in [9.17, 15) is 13.6 Å². The number of nitrogens with zero attached hydrogens (tertiary/aromatic N) is 1. The fraction of sp³-hybridized carbons (Fsp3) is 0.462. The molecule has 3 N–H and O–H groups in total. The van der Waals surface area contributed by atoms with Gasteiger partial charge in [0.2, 0.25) is 5.91 Å². The predicted molar refractivity (Wildman–Crippen MR) is 69.5 cm³/mol. The minimum absolute atomic E-state index is 0.00941. The summed E-state index contributed by atoms with van der Waals surface area (Å²) >= 11 is 0. The predicted octanol–water partition coefficient (Wildman–Crippen LogP) is 0.720. The number of carbonyl (C=O) groups is 1. The van der Waals surface area contributed by atoms with Gasteiger partial charge in [-0.3, -0.25) is 9.69 Å². The van der Waals surface area contributed by atoms with Crippen LogP contribution >= 0.6 is 0 Å². The normalized spacial score (nSPS) is 17.9. The van der Waals surface area contributed by atoms with Crippen molar-refractivity contribution < 1.29 is 18.3 Å². The minimum atomic E-state index is -2.94. The number of nitrogens with two attached hydrogens (primary N) is 1. The number of amides is 1. The number of primary amides is 1. The molecule has 0 radical (unpaired) electrons. The van der Waals surface area contributed by atoms with Gasteiger partial charge in [0.05, 0.1) is 0 Å². The largest absolute Gasteiger partial charge is 0.434 e. The Morgan fingerprint density at radius 2 is 1.95 bits per heavy atom. The van der Waals surface area contributed by atoms with Crippen LogP contribution in [0.25, 0.3) is 0 Å². The first-order valence-electron chi connectivity index (χ1n) is 6.37. The molecular weight excluding hydrogens is 268 g/mol. The Hall–Kier alpha value is -1.73. The minimum Gasteiger partial charge on any atom is -0.434 e. The molecule has 1 aromatic rings. The van der Waals surface area contributed by atoms with Gasteiger partial charge in [-0.05, 0) is 6.07 Å². The average molecular weight is 285 g/mol.